The van der Waals surface area contributed by atoms with Crippen LogP contribution in [0.3, 0.4) is 0 Å². The first-order chi connectivity index (χ1) is 13.9. The molecule has 2 N–H and O–H groups in total. The molecule has 0 unspecified atom stereocenters. The van der Waals surface area contributed by atoms with Gasteiger partial charge in [0.2, 0.25) is 5.91 Å². The second kappa shape index (κ2) is 8.57. The van der Waals surface area contributed by atoms with Crippen LogP contribution in [0.5, 0.6) is 5.75 Å². The maximum atomic E-state index is 13.1. The van der Waals surface area contributed by atoms with Crippen LogP contribution in [0.1, 0.15) is 37.1 Å². The molecule has 3 atom stereocenters. The van der Waals surface area contributed by atoms with Gasteiger partial charge in [0.25, 0.3) is 0 Å². The molecule has 3 rings (SSSR count). The van der Waals surface area contributed by atoms with E-state index >= 15 is 0 Å². The molecule has 2 aromatic rings. The number of likely N-dealkylation sites (tertiary alicyclic amines) is 1. The van der Waals surface area contributed by atoms with E-state index in [1.165, 1.54) is 6.33 Å². The van der Waals surface area contributed by atoms with Gasteiger partial charge >= 0.3 is 5.97 Å². The van der Waals surface area contributed by atoms with Crippen molar-refractivity contribution in [1.29, 1.82) is 0 Å². The number of amides is 1. The van der Waals surface area contributed by atoms with Gasteiger partial charge in [0.1, 0.15) is 17.6 Å². The van der Waals surface area contributed by atoms with Gasteiger partial charge in [0.05, 0.1) is 25.3 Å². The van der Waals surface area contributed by atoms with Crippen molar-refractivity contribution in [3.63, 3.8) is 0 Å². The van der Waals surface area contributed by atoms with Gasteiger partial charge in [0, 0.05) is 12.2 Å². The van der Waals surface area contributed by atoms with Gasteiger partial charge in [-0.2, -0.15) is 0 Å². The summed E-state index contributed by atoms with van der Waals surface area (Å²) >= 11 is 0. The number of nitrogens with one attached hydrogen (secondary N) is 1. The van der Waals surface area contributed by atoms with Crippen molar-refractivity contribution >= 4 is 11.9 Å². The number of aliphatic carboxylic acids is 1. The Morgan fingerprint density at radius 3 is 2.59 bits per heavy atom. The van der Waals surface area contributed by atoms with Crippen LogP contribution >= 0.6 is 0 Å². The predicted molar refractivity (Wildman–Crippen MR) is 106 cm³/mol. The van der Waals surface area contributed by atoms with Crippen molar-refractivity contribution in [1.82, 2.24) is 20.2 Å². The van der Waals surface area contributed by atoms with Gasteiger partial charge in [-0.25, -0.2) is 9.97 Å². The fraction of sp³-hybridized carbons (Fsp3) is 0.429. The van der Waals surface area contributed by atoms with E-state index in [0.717, 1.165) is 5.56 Å². The maximum absolute atomic E-state index is 13.1. The number of carboxylic acid groups (broad SMARTS) is 1. The lowest BCUT2D eigenvalue weighted by Crippen LogP contribution is -2.48. The molecule has 1 aromatic heterocycles. The molecule has 29 heavy (non-hydrogen) atoms. The van der Waals surface area contributed by atoms with Crippen molar-refractivity contribution in [2.24, 2.45) is 5.92 Å². The fourth-order valence-electron chi connectivity index (χ4n) is 4.16. The molecule has 1 fully saturated rings. The molecule has 8 heteroatoms. The third-order valence-corrected chi connectivity index (χ3v) is 5.90. The third-order valence-electron chi connectivity index (χ3n) is 5.90. The average Bonchev–Trinajstić information content (AvgIpc) is 3.06. The molecule has 1 aromatic carbocycles. The van der Waals surface area contributed by atoms with E-state index in [1.807, 2.05) is 36.1 Å². The van der Waals surface area contributed by atoms with E-state index in [2.05, 4.69) is 15.3 Å². The zero-order valence-electron chi connectivity index (χ0n) is 16.8. The molecule has 8 nitrogen and oxygen atoms in total. The lowest BCUT2D eigenvalue weighted by atomic mass is 9.87. The summed E-state index contributed by atoms with van der Waals surface area (Å²) in [5.74, 6) is -0.898. The third kappa shape index (κ3) is 3.93. The molecule has 1 amide bonds. The summed E-state index contributed by atoms with van der Waals surface area (Å²) in [4.78, 5) is 35.1. The first-order valence-electron chi connectivity index (χ1n) is 9.56. The number of carboxylic acids is 1. The molecule has 0 saturated carbocycles. The Hall–Kier alpha value is -3.00. The van der Waals surface area contributed by atoms with Crippen molar-refractivity contribution in [3.05, 3.63) is 54.1 Å². The van der Waals surface area contributed by atoms with E-state index in [9.17, 15) is 14.7 Å². The van der Waals surface area contributed by atoms with Gasteiger partial charge < -0.3 is 15.2 Å². The number of carbonyl (C=O) groups excluding carboxylic acids is 1. The van der Waals surface area contributed by atoms with Gasteiger partial charge in [-0.15, -0.1) is 0 Å². The Kier molecular flexibility index (Phi) is 6.12. The molecule has 0 bridgehead atoms. The smallest absolute Gasteiger partial charge is 0.324 e. The molecule has 1 aliphatic rings. The SMILES string of the molecule is CC[C@]1(C(=O)O)C[C@@H](C(=O)NCc2ccncn2)[C@@H](c2ccc(OC)cc2)N1C. The molecule has 154 valence electrons. The standard InChI is InChI=1S/C21H26N4O4/c1-4-21(20(27)28)11-17(19(26)23-12-15-9-10-22-13-24-15)18(25(21)2)14-5-7-16(29-3)8-6-14/h5-10,13,17-18H,4,11-12H2,1-3H3,(H,23,26)(H,27,28)/t17-,18-,21-/m1/s1. The number of ether oxygens (including phenoxy) is 1. The quantitative estimate of drug-likeness (QED) is 0.735. The van der Waals surface area contributed by atoms with Crippen molar-refractivity contribution < 1.29 is 19.4 Å². The van der Waals surface area contributed by atoms with E-state index in [0.29, 0.717) is 17.9 Å². The minimum absolute atomic E-state index is 0.187. The van der Waals surface area contributed by atoms with Crippen LogP contribution in [0.25, 0.3) is 0 Å². The topological polar surface area (TPSA) is 105 Å². The highest BCUT2D eigenvalue weighted by molar-refractivity contribution is 5.85. The summed E-state index contributed by atoms with van der Waals surface area (Å²) in [5.41, 5.74) is 0.481. The fourth-order valence-corrected chi connectivity index (χ4v) is 4.16. The lowest BCUT2D eigenvalue weighted by Gasteiger charge is -2.34. The Balaban J connectivity index is 1.89. The molecule has 1 saturated heterocycles. The summed E-state index contributed by atoms with van der Waals surface area (Å²) in [7, 11) is 3.37. The molecule has 2 heterocycles. The van der Waals surface area contributed by atoms with E-state index in [4.69, 9.17) is 4.74 Å². The van der Waals surface area contributed by atoms with Gasteiger partial charge in [-0.1, -0.05) is 19.1 Å². The number of likely N-dealkylation sites (N-methyl/N-ethyl adjacent to an activating group) is 1. The Labute approximate surface area is 169 Å². The monoisotopic (exact) mass is 398 g/mol. The average molecular weight is 398 g/mol. The van der Waals surface area contributed by atoms with Crippen LogP contribution in [-0.2, 0) is 16.1 Å². The van der Waals surface area contributed by atoms with Crippen molar-refractivity contribution in [2.75, 3.05) is 14.2 Å². The Morgan fingerprint density at radius 2 is 2.03 bits per heavy atom. The molecular weight excluding hydrogens is 372 g/mol. The number of methoxy groups -OCH3 is 1. The molecule has 0 spiro atoms. The second-order valence-electron chi connectivity index (χ2n) is 7.25. The number of hydrogen-bond acceptors (Lipinski definition) is 6. The summed E-state index contributed by atoms with van der Waals surface area (Å²) in [6, 6.07) is 8.80. The van der Waals surface area contributed by atoms with Gasteiger partial charge in [-0.05, 0) is 43.7 Å². The first kappa shape index (κ1) is 20.7. The van der Waals surface area contributed by atoms with E-state index in [-0.39, 0.29) is 24.9 Å². The van der Waals surface area contributed by atoms with Crippen LogP contribution in [0.15, 0.2) is 42.9 Å². The van der Waals surface area contributed by atoms with E-state index < -0.39 is 17.4 Å². The van der Waals surface area contributed by atoms with Crippen LogP contribution < -0.4 is 10.1 Å². The maximum Gasteiger partial charge on any atom is 0.324 e. The first-order valence-corrected chi connectivity index (χ1v) is 9.56. The minimum atomic E-state index is -1.10. The zero-order valence-corrected chi connectivity index (χ0v) is 16.8. The van der Waals surface area contributed by atoms with Crippen LogP contribution in [-0.4, -0.2) is 51.5 Å². The second-order valence-corrected chi connectivity index (χ2v) is 7.25. The Bertz CT molecular complexity index is 859. The van der Waals surface area contributed by atoms with Crippen LogP contribution in [0.2, 0.25) is 0 Å². The summed E-state index contributed by atoms with van der Waals surface area (Å²) in [5, 5.41) is 12.9. The van der Waals surface area contributed by atoms with Crippen LogP contribution in [0.4, 0.5) is 0 Å². The highest BCUT2D eigenvalue weighted by atomic mass is 16.5. The normalized spacial score (nSPS) is 24.2. The number of hydrogen-bond donors (Lipinski definition) is 2. The number of rotatable bonds is 7. The number of benzene rings is 1. The van der Waals surface area contributed by atoms with Crippen molar-refractivity contribution in [3.8, 4) is 5.75 Å². The predicted octanol–water partition coefficient (Wildman–Crippen LogP) is 2.03. The van der Waals surface area contributed by atoms with Crippen molar-refractivity contribution in [2.45, 2.75) is 37.9 Å². The lowest BCUT2D eigenvalue weighted by molar-refractivity contribution is -0.150. The van der Waals surface area contributed by atoms with E-state index in [1.54, 1.807) is 26.4 Å². The van der Waals surface area contributed by atoms with Crippen LogP contribution in [0, 0.1) is 5.92 Å². The molecule has 0 aliphatic carbocycles. The number of nitrogens with zero attached hydrogens (tertiary/aromatic N) is 3. The largest absolute Gasteiger partial charge is 0.497 e. The summed E-state index contributed by atoms with van der Waals surface area (Å²) < 4.78 is 5.22. The summed E-state index contributed by atoms with van der Waals surface area (Å²) in [6.07, 6.45) is 3.69. The zero-order chi connectivity index (χ0) is 21.0. The van der Waals surface area contributed by atoms with Gasteiger partial charge in [-0.3, -0.25) is 14.5 Å². The number of carbonyl (C=O) groups is 2. The minimum Gasteiger partial charge on any atom is -0.497 e. The molecule has 1 aliphatic heterocycles. The Morgan fingerprint density at radius 1 is 1.31 bits per heavy atom. The number of aromatic nitrogens is 2. The molecular formula is C21H26N4O4. The van der Waals surface area contributed by atoms with Gasteiger partial charge in [0.15, 0.2) is 0 Å². The summed E-state index contributed by atoms with van der Waals surface area (Å²) in [6.45, 7) is 2.11. The highest BCUT2D eigenvalue weighted by Gasteiger charge is 2.56. The highest BCUT2D eigenvalue weighted by Crippen LogP contribution is 2.47. The molecule has 0 radical (unpaired) electrons.